The van der Waals surface area contributed by atoms with E-state index < -0.39 is 15.7 Å². The molecule has 1 saturated carbocycles. The molecule has 0 bridgehead atoms. The summed E-state index contributed by atoms with van der Waals surface area (Å²) in [6.07, 6.45) is 7.17. The van der Waals surface area contributed by atoms with Gasteiger partial charge in [-0.1, -0.05) is 37.8 Å². The van der Waals surface area contributed by atoms with E-state index >= 15 is 0 Å². The van der Waals surface area contributed by atoms with Crippen LogP contribution in [0.25, 0.3) is 0 Å². The number of nitrogens with two attached hydrogens (primary N) is 1. The maximum Gasteiger partial charge on any atom is 0.265 e. The molecule has 5 nitrogen and oxygen atoms in total. The second-order valence-corrected chi connectivity index (χ2v) is 9.44. The molecule has 3 rings (SSSR count). The van der Waals surface area contributed by atoms with E-state index in [0.717, 1.165) is 23.2 Å². The van der Waals surface area contributed by atoms with Crippen LogP contribution < -0.4 is 5.73 Å². The molecule has 0 aliphatic heterocycles. The fraction of sp³-hybridized carbons (Fsp3) is 0.450. The quantitative estimate of drug-likeness (QED) is 0.810. The second kappa shape index (κ2) is 7.27. The number of benzene rings is 1. The molecule has 26 heavy (non-hydrogen) atoms. The van der Waals surface area contributed by atoms with E-state index in [2.05, 4.69) is 4.98 Å². The minimum Gasteiger partial charge on any atom is -0.364 e. The number of primary amides is 1. The van der Waals surface area contributed by atoms with Gasteiger partial charge in [-0.05, 0) is 48.6 Å². The van der Waals surface area contributed by atoms with Crippen molar-refractivity contribution in [2.24, 2.45) is 11.7 Å². The fourth-order valence-electron chi connectivity index (χ4n) is 4.00. The Morgan fingerprint density at radius 2 is 1.85 bits per heavy atom. The summed E-state index contributed by atoms with van der Waals surface area (Å²) in [7, 11) is -3.22. The van der Waals surface area contributed by atoms with Gasteiger partial charge in [0.05, 0.1) is 4.90 Å². The average molecular weight is 375 g/mol. The third kappa shape index (κ3) is 4.01. The Kier molecular flexibility index (Phi) is 5.23. The number of rotatable bonds is 6. The highest BCUT2D eigenvalue weighted by Gasteiger charge is 2.25. The lowest BCUT2D eigenvalue weighted by atomic mass is 9.85. The standard InChI is InChI=1S/C20H26N2O3S/c1-13-11-18(22-19(13)20(21)23)17(12-14-5-3-4-6-14)15-7-9-16(10-8-15)26(2,24)25/h7-11,14,17,22H,3-6,12H2,1-2H3,(H2,21,23). The molecule has 140 valence electrons. The van der Waals surface area contributed by atoms with Crippen LogP contribution in [-0.2, 0) is 9.84 Å². The molecule has 0 spiro atoms. The van der Waals surface area contributed by atoms with Crippen molar-refractivity contribution >= 4 is 15.7 Å². The Morgan fingerprint density at radius 3 is 2.35 bits per heavy atom. The lowest BCUT2D eigenvalue weighted by Crippen LogP contribution is -2.13. The van der Waals surface area contributed by atoms with Crippen molar-refractivity contribution in [3.05, 3.63) is 52.8 Å². The van der Waals surface area contributed by atoms with Gasteiger partial charge >= 0.3 is 0 Å². The number of aromatic amines is 1. The first kappa shape index (κ1) is 18.7. The van der Waals surface area contributed by atoms with Crippen LogP contribution in [0.15, 0.2) is 35.2 Å². The third-order valence-electron chi connectivity index (χ3n) is 5.41. The third-order valence-corrected chi connectivity index (χ3v) is 6.54. The minimum atomic E-state index is -3.22. The average Bonchev–Trinajstić information content (AvgIpc) is 3.21. The molecule has 1 aliphatic carbocycles. The van der Waals surface area contributed by atoms with Gasteiger partial charge in [0.1, 0.15) is 5.69 Å². The Hall–Kier alpha value is -2.08. The molecule has 1 heterocycles. The molecular weight excluding hydrogens is 348 g/mol. The maximum absolute atomic E-state index is 11.7. The maximum atomic E-state index is 11.7. The highest BCUT2D eigenvalue weighted by molar-refractivity contribution is 7.90. The van der Waals surface area contributed by atoms with E-state index in [-0.39, 0.29) is 5.92 Å². The van der Waals surface area contributed by atoms with Gasteiger partial charge in [0.15, 0.2) is 9.84 Å². The van der Waals surface area contributed by atoms with Crippen LogP contribution in [0.1, 0.15) is 65.3 Å². The van der Waals surface area contributed by atoms with Crippen LogP contribution in [0.5, 0.6) is 0 Å². The summed E-state index contributed by atoms with van der Waals surface area (Å²) in [5.41, 5.74) is 8.78. The molecule has 1 aliphatic rings. The first-order valence-corrected chi connectivity index (χ1v) is 10.9. The van der Waals surface area contributed by atoms with Gasteiger partial charge in [0, 0.05) is 17.9 Å². The largest absolute Gasteiger partial charge is 0.364 e. The fourth-order valence-corrected chi connectivity index (χ4v) is 4.63. The topological polar surface area (TPSA) is 93.0 Å². The Balaban J connectivity index is 1.97. The van der Waals surface area contributed by atoms with Crippen LogP contribution in [0, 0.1) is 12.8 Å². The zero-order chi connectivity index (χ0) is 18.9. The second-order valence-electron chi connectivity index (χ2n) is 7.43. The molecular formula is C20H26N2O3S. The summed E-state index contributed by atoms with van der Waals surface area (Å²) < 4.78 is 23.5. The molecule has 0 radical (unpaired) electrons. The summed E-state index contributed by atoms with van der Waals surface area (Å²) in [6.45, 7) is 1.87. The lowest BCUT2D eigenvalue weighted by molar-refractivity contribution is 0.0995. The summed E-state index contributed by atoms with van der Waals surface area (Å²) in [6, 6.07) is 9.09. The van der Waals surface area contributed by atoms with Crippen LogP contribution in [-0.4, -0.2) is 25.6 Å². The number of aryl methyl sites for hydroxylation is 1. The van der Waals surface area contributed by atoms with E-state index in [4.69, 9.17) is 5.73 Å². The van der Waals surface area contributed by atoms with Gasteiger partial charge in [-0.25, -0.2) is 8.42 Å². The van der Waals surface area contributed by atoms with Gasteiger partial charge < -0.3 is 10.7 Å². The highest BCUT2D eigenvalue weighted by atomic mass is 32.2. The van der Waals surface area contributed by atoms with E-state index in [9.17, 15) is 13.2 Å². The van der Waals surface area contributed by atoms with Crippen molar-refractivity contribution in [1.82, 2.24) is 4.98 Å². The zero-order valence-corrected chi connectivity index (χ0v) is 16.1. The van der Waals surface area contributed by atoms with Crippen molar-refractivity contribution in [3.8, 4) is 0 Å². The van der Waals surface area contributed by atoms with E-state index in [1.54, 1.807) is 12.1 Å². The lowest BCUT2D eigenvalue weighted by Gasteiger charge is -2.20. The molecule has 0 saturated heterocycles. The van der Waals surface area contributed by atoms with Gasteiger partial charge in [-0.3, -0.25) is 4.79 Å². The summed E-state index contributed by atoms with van der Waals surface area (Å²) >= 11 is 0. The number of carbonyl (C=O) groups is 1. The van der Waals surface area contributed by atoms with Crippen LogP contribution in [0.3, 0.4) is 0 Å². The SMILES string of the molecule is Cc1cc(C(CC2CCCC2)c2ccc(S(C)(=O)=O)cc2)[nH]c1C(N)=O. The van der Waals surface area contributed by atoms with Crippen molar-refractivity contribution in [3.63, 3.8) is 0 Å². The van der Waals surface area contributed by atoms with Crippen LogP contribution in [0.4, 0.5) is 0 Å². The predicted molar refractivity (Wildman–Crippen MR) is 102 cm³/mol. The number of aromatic nitrogens is 1. The number of carbonyl (C=O) groups excluding carboxylic acids is 1. The highest BCUT2D eigenvalue weighted by Crippen LogP contribution is 2.38. The number of amides is 1. The van der Waals surface area contributed by atoms with Crippen LogP contribution in [0.2, 0.25) is 0 Å². The van der Waals surface area contributed by atoms with Crippen LogP contribution >= 0.6 is 0 Å². The number of H-pyrrole nitrogens is 1. The van der Waals surface area contributed by atoms with Crippen molar-refractivity contribution < 1.29 is 13.2 Å². The van der Waals surface area contributed by atoms with Crippen molar-refractivity contribution in [2.75, 3.05) is 6.26 Å². The van der Waals surface area contributed by atoms with Gasteiger partial charge in [-0.15, -0.1) is 0 Å². The van der Waals surface area contributed by atoms with Gasteiger partial charge in [-0.2, -0.15) is 0 Å². The van der Waals surface area contributed by atoms with Crippen molar-refractivity contribution in [2.45, 2.75) is 49.8 Å². The Bertz CT molecular complexity index is 892. The normalized spacial score (nSPS) is 16.7. The smallest absolute Gasteiger partial charge is 0.265 e. The number of hydrogen-bond acceptors (Lipinski definition) is 3. The number of sulfone groups is 1. The summed E-state index contributed by atoms with van der Waals surface area (Å²) in [4.78, 5) is 15.1. The first-order valence-electron chi connectivity index (χ1n) is 9.05. The minimum absolute atomic E-state index is 0.0958. The molecule has 1 aromatic heterocycles. The zero-order valence-electron chi connectivity index (χ0n) is 15.3. The molecule has 3 N–H and O–H groups in total. The Morgan fingerprint density at radius 1 is 1.23 bits per heavy atom. The molecule has 1 unspecified atom stereocenters. The number of nitrogens with one attached hydrogen (secondary N) is 1. The molecule has 6 heteroatoms. The molecule has 1 aromatic carbocycles. The van der Waals surface area contributed by atoms with Gasteiger partial charge in [0.2, 0.25) is 0 Å². The first-order chi connectivity index (χ1) is 12.3. The van der Waals surface area contributed by atoms with Crippen molar-refractivity contribution in [1.29, 1.82) is 0 Å². The Labute approximate surface area is 154 Å². The molecule has 1 amide bonds. The summed E-state index contributed by atoms with van der Waals surface area (Å²) in [5.74, 6) is 0.287. The molecule has 1 fully saturated rings. The summed E-state index contributed by atoms with van der Waals surface area (Å²) in [5, 5.41) is 0. The van der Waals surface area contributed by atoms with E-state index in [1.807, 2.05) is 25.1 Å². The predicted octanol–water partition coefficient (Wildman–Crippen LogP) is 3.54. The van der Waals surface area contributed by atoms with E-state index in [1.165, 1.54) is 31.9 Å². The molecule has 1 atom stereocenters. The monoisotopic (exact) mass is 374 g/mol. The number of hydrogen-bond donors (Lipinski definition) is 2. The van der Waals surface area contributed by atoms with E-state index in [0.29, 0.717) is 16.5 Å². The molecule has 2 aromatic rings. The van der Waals surface area contributed by atoms with Gasteiger partial charge in [0.25, 0.3) is 5.91 Å².